The lowest BCUT2D eigenvalue weighted by molar-refractivity contribution is -0.147. The molecule has 0 N–H and O–H groups in total. The van der Waals surface area contributed by atoms with Gasteiger partial charge in [-0.05, 0) is 24.3 Å². The van der Waals surface area contributed by atoms with Crippen LogP contribution in [0.15, 0.2) is 30.3 Å². The minimum Gasteiger partial charge on any atom is -0.459 e. The van der Waals surface area contributed by atoms with E-state index in [0.29, 0.717) is 25.0 Å². The van der Waals surface area contributed by atoms with E-state index in [1.54, 1.807) is 0 Å². The van der Waals surface area contributed by atoms with Crippen molar-refractivity contribution in [2.75, 3.05) is 6.61 Å². The van der Waals surface area contributed by atoms with Gasteiger partial charge in [-0.1, -0.05) is 43.7 Å². The molecule has 0 aromatic heterocycles. The van der Waals surface area contributed by atoms with Gasteiger partial charge in [0, 0.05) is 5.92 Å². The fourth-order valence-electron chi connectivity index (χ4n) is 3.62. The third-order valence-corrected chi connectivity index (χ3v) is 4.68. The van der Waals surface area contributed by atoms with Crippen LogP contribution in [0.25, 0.3) is 0 Å². The maximum Gasteiger partial charge on any atom is 0.309 e. The Labute approximate surface area is 120 Å². The molecule has 4 atom stereocenters. The fraction of sp³-hybridized carbons (Fsp3) is 0.588. The van der Waals surface area contributed by atoms with Gasteiger partial charge in [0.25, 0.3) is 0 Å². The topological polar surface area (TPSA) is 35.5 Å². The molecular formula is C17H22O3. The van der Waals surface area contributed by atoms with E-state index in [2.05, 4.69) is 6.92 Å². The zero-order chi connectivity index (χ0) is 13.9. The van der Waals surface area contributed by atoms with Gasteiger partial charge in [-0.3, -0.25) is 4.79 Å². The van der Waals surface area contributed by atoms with Gasteiger partial charge in [0.15, 0.2) is 0 Å². The maximum absolute atomic E-state index is 12.0. The van der Waals surface area contributed by atoms with Crippen molar-refractivity contribution < 1.29 is 14.3 Å². The molecular weight excluding hydrogens is 252 g/mol. The average molecular weight is 274 g/mol. The minimum absolute atomic E-state index is 0.00416. The number of hydrogen-bond donors (Lipinski definition) is 0. The van der Waals surface area contributed by atoms with Gasteiger partial charge in [0.2, 0.25) is 0 Å². The molecule has 0 spiro atoms. The lowest BCUT2D eigenvalue weighted by Gasteiger charge is -2.29. The first-order chi connectivity index (χ1) is 9.75. The van der Waals surface area contributed by atoms with E-state index in [1.807, 2.05) is 30.3 Å². The molecule has 3 nitrogen and oxygen atoms in total. The summed E-state index contributed by atoms with van der Waals surface area (Å²) in [6, 6.07) is 10.1. The number of ether oxygens (including phenoxy) is 2. The average Bonchev–Trinajstić information content (AvgIpc) is 2.78. The molecule has 2 aliphatic rings. The van der Waals surface area contributed by atoms with Gasteiger partial charge >= 0.3 is 5.97 Å². The van der Waals surface area contributed by atoms with E-state index in [-0.39, 0.29) is 18.0 Å². The van der Waals surface area contributed by atoms with Crippen LogP contribution in [0.4, 0.5) is 0 Å². The third-order valence-electron chi connectivity index (χ3n) is 4.68. The molecule has 1 aliphatic carbocycles. The highest BCUT2D eigenvalue weighted by Crippen LogP contribution is 2.43. The first-order valence-electron chi connectivity index (χ1n) is 7.58. The van der Waals surface area contributed by atoms with Crippen molar-refractivity contribution in [1.29, 1.82) is 0 Å². The molecule has 20 heavy (non-hydrogen) atoms. The van der Waals surface area contributed by atoms with Crippen LogP contribution in [0.2, 0.25) is 0 Å². The Balaban J connectivity index is 1.54. The van der Waals surface area contributed by atoms with Gasteiger partial charge in [-0.2, -0.15) is 0 Å². The summed E-state index contributed by atoms with van der Waals surface area (Å²) >= 11 is 0. The van der Waals surface area contributed by atoms with Crippen LogP contribution in [0.5, 0.6) is 0 Å². The van der Waals surface area contributed by atoms with Crippen molar-refractivity contribution in [3.05, 3.63) is 35.9 Å². The van der Waals surface area contributed by atoms with E-state index in [0.717, 1.165) is 18.4 Å². The van der Waals surface area contributed by atoms with Gasteiger partial charge < -0.3 is 9.47 Å². The molecule has 3 heteroatoms. The Hall–Kier alpha value is -1.35. The molecule has 0 amide bonds. The largest absolute Gasteiger partial charge is 0.459 e. The van der Waals surface area contributed by atoms with Crippen LogP contribution in [0, 0.1) is 17.8 Å². The van der Waals surface area contributed by atoms with Crippen molar-refractivity contribution in [3.63, 3.8) is 0 Å². The predicted octanol–water partition coefficient (Wildman–Crippen LogP) is 3.18. The highest BCUT2D eigenvalue weighted by atomic mass is 16.6. The van der Waals surface area contributed by atoms with Crippen LogP contribution in [-0.4, -0.2) is 18.7 Å². The summed E-state index contributed by atoms with van der Waals surface area (Å²) in [7, 11) is 0. The summed E-state index contributed by atoms with van der Waals surface area (Å²) in [5, 5.41) is 0. The summed E-state index contributed by atoms with van der Waals surface area (Å²) in [5.41, 5.74) is 1.16. The smallest absolute Gasteiger partial charge is 0.309 e. The SMILES string of the molecule is C[C@H]1CCC[C@H]2[C@@H]1C(=O)O[C@H]2COCc1ccccc1. The quantitative estimate of drug-likeness (QED) is 0.791. The molecule has 3 rings (SSSR count). The second-order valence-electron chi connectivity index (χ2n) is 6.07. The lowest BCUT2D eigenvalue weighted by atomic mass is 9.72. The molecule has 0 unspecified atom stereocenters. The normalized spacial score (nSPS) is 32.8. The number of fused-ring (bicyclic) bond motifs is 1. The summed E-state index contributed by atoms with van der Waals surface area (Å²) in [6.45, 7) is 3.28. The molecule has 1 saturated heterocycles. The van der Waals surface area contributed by atoms with Crippen LogP contribution in [0.3, 0.4) is 0 Å². The van der Waals surface area contributed by atoms with E-state index in [9.17, 15) is 4.79 Å². The number of carbonyl (C=O) groups excluding carboxylic acids is 1. The summed E-state index contributed by atoms with van der Waals surface area (Å²) < 4.78 is 11.3. The van der Waals surface area contributed by atoms with Crippen molar-refractivity contribution in [1.82, 2.24) is 0 Å². The van der Waals surface area contributed by atoms with Crippen molar-refractivity contribution in [2.45, 2.75) is 38.9 Å². The monoisotopic (exact) mass is 274 g/mol. The second kappa shape index (κ2) is 5.96. The summed E-state index contributed by atoms with van der Waals surface area (Å²) in [5.74, 6) is 0.923. The molecule has 108 valence electrons. The van der Waals surface area contributed by atoms with Crippen molar-refractivity contribution in [2.24, 2.45) is 17.8 Å². The van der Waals surface area contributed by atoms with Crippen LogP contribution < -0.4 is 0 Å². The molecule has 1 aromatic rings. The van der Waals surface area contributed by atoms with Gasteiger partial charge in [-0.15, -0.1) is 0 Å². The van der Waals surface area contributed by atoms with Gasteiger partial charge in [-0.25, -0.2) is 0 Å². The molecule has 1 aliphatic heterocycles. The Bertz CT molecular complexity index is 457. The number of esters is 1. The van der Waals surface area contributed by atoms with Gasteiger partial charge in [0.05, 0.1) is 19.1 Å². The number of cyclic esters (lactones) is 1. The number of benzene rings is 1. The number of rotatable bonds is 4. The first kappa shape index (κ1) is 13.6. The highest BCUT2D eigenvalue weighted by Gasteiger charge is 2.48. The zero-order valence-corrected chi connectivity index (χ0v) is 12.0. The molecule has 1 aromatic carbocycles. The Morgan fingerprint density at radius 3 is 2.85 bits per heavy atom. The highest BCUT2D eigenvalue weighted by molar-refractivity contribution is 5.75. The number of hydrogen-bond acceptors (Lipinski definition) is 3. The molecule has 1 heterocycles. The van der Waals surface area contributed by atoms with Crippen molar-refractivity contribution >= 4 is 5.97 Å². The van der Waals surface area contributed by atoms with E-state index >= 15 is 0 Å². The summed E-state index contributed by atoms with van der Waals surface area (Å²) in [4.78, 5) is 12.0. The van der Waals surface area contributed by atoms with Crippen LogP contribution >= 0.6 is 0 Å². The van der Waals surface area contributed by atoms with E-state index < -0.39 is 0 Å². The Kier molecular flexibility index (Phi) is 4.06. The van der Waals surface area contributed by atoms with Crippen LogP contribution in [0.1, 0.15) is 31.7 Å². The maximum atomic E-state index is 12.0. The standard InChI is InChI=1S/C17H22O3/c1-12-6-5-9-14-15(20-17(18)16(12)14)11-19-10-13-7-3-2-4-8-13/h2-4,7-8,12,14-16H,5-6,9-11H2,1H3/t12-,14+,15-,16+/m0/s1. The Morgan fingerprint density at radius 1 is 1.25 bits per heavy atom. The molecule has 1 saturated carbocycles. The number of carbonyl (C=O) groups is 1. The van der Waals surface area contributed by atoms with Crippen molar-refractivity contribution in [3.8, 4) is 0 Å². The first-order valence-corrected chi connectivity index (χ1v) is 7.58. The second-order valence-corrected chi connectivity index (χ2v) is 6.07. The Morgan fingerprint density at radius 2 is 2.05 bits per heavy atom. The molecule has 0 bridgehead atoms. The van der Waals surface area contributed by atoms with Gasteiger partial charge in [0.1, 0.15) is 6.10 Å². The molecule has 0 radical (unpaired) electrons. The van der Waals surface area contributed by atoms with E-state index in [4.69, 9.17) is 9.47 Å². The van der Waals surface area contributed by atoms with E-state index in [1.165, 1.54) is 6.42 Å². The summed E-state index contributed by atoms with van der Waals surface area (Å²) in [6.07, 6.45) is 3.40. The van der Waals surface area contributed by atoms with Crippen LogP contribution in [-0.2, 0) is 20.9 Å². The predicted molar refractivity (Wildman–Crippen MR) is 76.0 cm³/mol. The zero-order valence-electron chi connectivity index (χ0n) is 12.0. The lowest BCUT2D eigenvalue weighted by Crippen LogP contribution is -2.32. The fourth-order valence-corrected chi connectivity index (χ4v) is 3.62. The minimum atomic E-state index is -0.0426. The third kappa shape index (κ3) is 2.73. The molecule has 2 fully saturated rings.